The molecule has 0 unspecified atom stereocenters. The maximum Gasteiger partial charge on any atom is 0.234 e. The topological polar surface area (TPSA) is 76.0 Å². The normalized spacial score (nSPS) is 10.4. The minimum absolute atomic E-state index is 0.129. The van der Waals surface area contributed by atoms with Crippen LogP contribution in [0.3, 0.4) is 0 Å². The van der Waals surface area contributed by atoms with Crippen molar-refractivity contribution < 1.29 is 9.59 Å². The summed E-state index contributed by atoms with van der Waals surface area (Å²) in [5, 5.41) is 5.71. The first-order chi connectivity index (χ1) is 13.1. The molecule has 3 rings (SSSR count). The van der Waals surface area contributed by atoms with Crippen LogP contribution in [0.25, 0.3) is 5.69 Å². The highest BCUT2D eigenvalue weighted by molar-refractivity contribution is 8.00. The number of nitrogens with zero attached hydrogens (tertiary/aromatic N) is 2. The number of anilines is 2. The van der Waals surface area contributed by atoms with Crippen LogP contribution >= 0.6 is 11.8 Å². The number of nitrogens with one attached hydrogen (secondary N) is 2. The lowest BCUT2D eigenvalue weighted by atomic mass is 10.2. The number of carbonyl (C=O) groups is 2. The fourth-order valence-corrected chi connectivity index (χ4v) is 3.08. The summed E-state index contributed by atoms with van der Waals surface area (Å²) in [4.78, 5) is 28.2. The average molecular weight is 380 g/mol. The fraction of sp³-hybridized carbons (Fsp3) is 0.150. The van der Waals surface area contributed by atoms with E-state index in [2.05, 4.69) is 15.6 Å². The summed E-state index contributed by atoms with van der Waals surface area (Å²) in [6, 6.07) is 15.1. The second-order valence-corrected chi connectivity index (χ2v) is 6.93. The standard InChI is InChI=1S/C20H20N4O2S/c1-15-6-8-16(9-7-15)22-19(25)12-27-13-20(26)23-17-4-2-3-5-18(17)24-11-10-21-14-24/h2-11,14H,12-13H2,1H3,(H,22,25)(H,23,26). The molecule has 2 aromatic carbocycles. The number of hydrogen-bond acceptors (Lipinski definition) is 4. The van der Waals surface area contributed by atoms with E-state index in [9.17, 15) is 9.59 Å². The van der Waals surface area contributed by atoms with Gasteiger partial charge in [0.2, 0.25) is 11.8 Å². The first-order valence-electron chi connectivity index (χ1n) is 8.43. The molecule has 0 spiro atoms. The minimum Gasteiger partial charge on any atom is -0.325 e. The largest absolute Gasteiger partial charge is 0.325 e. The number of benzene rings is 2. The number of aromatic nitrogens is 2. The van der Waals surface area contributed by atoms with Crippen LogP contribution in [0.4, 0.5) is 11.4 Å². The summed E-state index contributed by atoms with van der Waals surface area (Å²) in [6.07, 6.45) is 5.17. The molecule has 3 aromatic rings. The van der Waals surface area contributed by atoms with Crippen molar-refractivity contribution in [3.63, 3.8) is 0 Å². The van der Waals surface area contributed by atoms with Crippen molar-refractivity contribution in [1.82, 2.24) is 9.55 Å². The zero-order valence-electron chi connectivity index (χ0n) is 14.9. The van der Waals surface area contributed by atoms with Gasteiger partial charge in [0, 0.05) is 18.1 Å². The van der Waals surface area contributed by atoms with Crippen LogP contribution in [0.5, 0.6) is 0 Å². The van der Waals surface area contributed by atoms with Crippen LogP contribution in [-0.2, 0) is 9.59 Å². The second-order valence-electron chi connectivity index (χ2n) is 5.94. The van der Waals surface area contributed by atoms with Crippen molar-refractivity contribution in [2.45, 2.75) is 6.92 Å². The zero-order chi connectivity index (χ0) is 19.1. The molecule has 0 radical (unpaired) electrons. The van der Waals surface area contributed by atoms with Gasteiger partial charge in [-0.2, -0.15) is 0 Å². The Kier molecular flexibility index (Phi) is 6.27. The summed E-state index contributed by atoms with van der Waals surface area (Å²) in [7, 11) is 0. The van der Waals surface area contributed by atoms with Gasteiger partial charge in [-0.1, -0.05) is 29.8 Å². The smallest absolute Gasteiger partial charge is 0.234 e. The molecule has 0 fully saturated rings. The van der Waals surface area contributed by atoms with Crippen molar-refractivity contribution >= 4 is 35.0 Å². The molecule has 7 heteroatoms. The SMILES string of the molecule is Cc1ccc(NC(=O)CSCC(=O)Nc2ccccc2-n2ccnc2)cc1. The van der Waals surface area contributed by atoms with E-state index in [-0.39, 0.29) is 23.3 Å². The van der Waals surface area contributed by atoms with E-state index in [4.69, 9.17) is 0 Å². The number of para-hydroxylation sites is 2. The Hall–Kier alpha value is -3.06. The Morgan fingerprint density at radius 3 is 2.41 bits per heavy atom. The van der Waals surface area contributed by atoms with Crippen LogP contribution in [0, 0.1) is 6.92 Å². The molecule has 0 saturated carbocycles. The van der Waals surface area contributed by atoms with E-state index in [1.807, 2.05) is 66.2 Å². The molecular weight excluding hydrogens is 360 g/mol. The molecule has 0 aliphatic rings. The summed E-state index contributed by atoms with van der Waals surface area (Å²) < 4.78 is 1.83. The van der Waals surface area contributed by atoms with Gasteiger partial charge in [-0.15, -0.1) is 11.8 Å². The van der Waals surface area contributed by atoms with Gasteiger partial charge < -0.3 is 15.2 Å². The fourth-order valence-electron chi connectivity index (χ4n) is 2.46. The Morgan fingerprint density at radius 2 is 1.70 bits per heavy atom. The molecule has 138 valence electrons. The third kappa shape index (κ3) is 5.46. The summed E-state index contributed by atoms with van der Waals surface area (Å²) in [6.45, 7) is 1.99. The van der Waals surface area contributed by atoms with Gasteiger partial charge in [-0.05, 0) is 31.2 Å². The first kappa shape index (κ1) is 18.7. The molecule has 0 saturated heterocycles. The first-order valence-corrected chi connectivity index (χ1v) is 9.59. The Balaban J connectivity index is 1.48. The number of aryl methyl sites for hydroxylation is 1. The van der Waals surface area contributed by atoms with Crippen LogP contribution in [0.2, 0.25) is 0 Å². The predicted molar refractivity (Wildman–Crippen MR) is 109 cm³/mol. The van der Waals surface area contributed by atoms with Crippen LogP contribution in [-0.4, -0.2) is 32.9 Å². The van der Waals surface area contributed by atoms with Crippen LogP contribution in [0.15, 0.2) is 67.3 Å². The monoisotopic (exact) mass is 380 g/mol. The molecule has 6 nitrogen and oxygen atoms in total. The van der Waals surface area contributed by atoms with Gasteiger partial charge in [0.1, 0.15) is 0 Å². The van der Waals surface area contributed by atoms with Crippen molar-refractivity contribution in [3.8, 4) is 5.69 Å². The number of rotatable bonds is 7. The van der Waals surface area contributed by atoms with Gasteiger partial charge in [-0.25, -0.2) is 4.98 Å². The third-order valence-corrected chi connectivity index (χ3v) is 4.69. The van der Waals surface area contributed by atoms with Crippen molar-refractivity contribution in [1.29, 1.82) is 0 Å². The van der Waals surface area contributed by atoms with E-state index in [0.717, 1.165) is 16.9 Å². The van der Waals surface area contributed by atoms with Crippen LogP contribution in [0.1, 0.15) is 5.56 Å². The highest BCUT2D eigenvalue weighted by atomic mass is 32.2. The van der Waals surface area contributed by atoms with E-state index < -0.39 is 0 Å². The van der Waals surface area contributed by atoms with E-state index >= 15 is 0 Å². The molecule has 27 heavy (non-hydrogen) atoms. The molecule has 0 aliphatic heterocycles. The molecule has 0 atom stereocenters. The molecular formula is C20H20N4O2S. The maximum atomic E-state index is 12.2. The van der Waals surface area contributed by atoms with Gasteiger partial charge >= 0.3 is 0 Å². The Bertz CT molecular complexity index is 908. The number of amides is 2. The number of imidazole rings is 1. The highest BCUT2D eigenvalue weighted by Crippen LogP contribution is 2.20. The Labute approximate surface area is 162 Å². The van der Waals surface area contributed by atoms with E-state index in [0.29, 0.717) is 5.69 Å². The maximum absolute atomic E-state index is 12.2. The van der Waals surface area contributed by atoms with Gasteiger partial charge in [0.25, 0.3) is 0 Å². The summed E-state index contributed by atoms with van der Waals surface area (Å²) >= 11 is 1.27. The van der Waals surface area contributed by atoms with Gasteiger partial charge in [0.05, 0.1) is 29.2 Å². The zero-order valence-corrected chi connectivity index (χ0v) is 15.7. The lowest BCUT2D eigenvalue weighted by Gasteiger charge is -2.11. The van der Waals surface area contributed by atoms with E-state index in [1.54, 1.807) is 12.5 Å². The number of hydrogen-bond donors (Lipinski definition) is 2. The molecule has 2 amide bonds. The predicted octanol–water partition coefficient (Wildman–Crippen LogP) is 3.49. The quantitative estimate of drug-likeness (QED) is 0.658. The highest BCUT2D eigenvalue weighted by Gasteiger charge is 2.09. The number of carbonyl (C=O) groups excluding carboxylic acids is 2. The van der Waals surface area contributed by atoms with Crippen LogP contribution < -0.4 is 10.6 Å². The molecule has 0 aliphatic carbocycles. The number of thioether (sulfide) groups is 1. The lowest BCUT2D eigenvalue weighted by Crippen LogP contribution is -2.19. The summed E-state index contributed by atoms with van der Waals surface area (Å²) in [5.41, 5.74) is 3.43. The third-order valence-electron chi connectivity index (χ3n) is 3.76. The van der Waals surface area contributed by atoms with Crippen molar-refractivity contribution in [2.24, 2.45) is 0 Å². The average Bonchev–Trinajstić information content (AvgIpc) is 3.18. The van der Waals surface area contributed by atoms with E-state index in [1.165, 1.54) is 11.8 Å². The Morgan fingerprint density at radius 1 is 1.00 bits per heavy atom. The lowest BCUT2D eigenvalue weighted by molar-refractivity contribution is -0.114. The molecule has 1 heterocycles. The molecule has 0 bridgehead atoms. The molecule has 1 aromatic heterocycles. The van der Waals surface area contributed by atoms with Gasteiger partial charge in [-0.3, -0.25) is 9.59 Å². The van der Waals surface area contributed by atoms with Crippen molar-refractivity contribution in [3.05, 3.63) is 72.8 Å². The summed E-state index contributed by atoms with van der Waals surface area (Å²) in [5.74, 6) is 0.121. The molecule has 2 N–H and O–H groups in total. The second kappa shape index (κ2) is 9.05. The van der Waals surface area contributed by atoms with Gasteiger partial charge in [0.15, 0.2) is 0 Å². The van der Waals surface area contributed by atoms with Crippen molar-refractivity contribution in [2.75, 3.05) is 22.1 Å². The minimum atomic E-state index is -0.157.